The highest BCUT2D eigenvalue weighted by Crippen LogP contribution is 2.24. The van der Waals surface area contributed by atoms with Crippen molar-refractivity contribution in [1.82, 2.24) is 5.32 Å². The van der Waals surface area contributed by atoms with E-state index in [1.165, 1.54) is 0 Å². The third-order valence-corrected chi connectivity index (χ3v) is 4.30. The van der Waals surface area contributed by atoms with E-state index in [-0.39, 0.29) is 6.10 Å². The van der Waals surface area contributed by atoms with Crippen molar-refractivity contribution >= 4 is 11.6 Å². The fraction of sp³-hybridized carbons (Fsp3) is 0.412. The molecule has 0 aliphatic heterocycles. The molecule has 0 atom stereocenters. The molecule has 112 valence electrons. The van der Waals surface area contributed by atoms with Crippen molar-refractivity contribution in [2.75, 3.05) is 0 Å². The van der Waals surface area contributed by atoms with Crippen LogP contribution in [0, 0.1) is 0 Å². The fourth-order valence-electron chi connectivity index (χ4n) is 2.77. The van der Waals surface area contributed by atoms with Crippen LogP contribution in [0.4, 0.5) is 0 Å². The van der Waals surface area contributed by atoms with Gasteiger partial charge in [0.25, 0.3) is 0 Å². The summed E-state index contributed by atoms with van der Waals surface area (Å²) in [5.41, 5.74) is 1.03. The summed E-state index contributed by atoms with van der Waals surface area (Å²) in [4.78, 5) is 0. The number of hydrogen-bond donors (Lipinski definition) is 2. The van der Waals surface area contributed by atoms with E-state index in [1.807, 2.05) is 36.4 Å². The van der Waals surface area contributed by atoms with Crippen LogP contribution >= 0.6 is 11.6 Å². The quantitative estimate of drug-likeness (QED) is 0.897. The van der Waals surface area contributed by atoms with Gasteiger partial charge in [0.2, 0.25) is 0 Å². The molecular weight excluding hydrogens is 286 g/mol. The van der Waals surface area contributed by atoms with Crippen molar-refractivity contribution in [3.05, 3.63) is 47.2 Å². The number of aliphatic hydroxyl groups excluding tert-OH is 1. The largest absolute Gasteiger partial charge is 0.460 e. The smallest absolute Gasteiger partial charge is 0.134 e. The molecule has 1 aromatic carbocycles. The van der Waals surface area contributed by atoms with Gasteiger partial charge in [-0.1, -0.05) is 11.6 Å². The lowest BCUT2D eigenvalue weighted by Crippen LogP contribution is -2.34. The molecule has 1 aliphatic carbocycles. The maximum atomic E-state index is 9.51. The lowest BCUT2D eigenvalue weighted by molar-refractivity contribution is 0.116. The molecule has 0 unspecified atom stereocenters. The summed E-state index contributed by atoms with van der Waals surface area (Å²) in [5, 5.41) is 13.7. The van der Waals surface area contributed by atoms with Gasteiger partial charge in [-0.15, -0.1) is 0 Å². The Kier molecular flexibility index (Phi) is 4.63. The Labute approximate surface area is 129 Å². The van der Waals surface area contributed by atoms with E-state index in [0.29, 0.717) is 6.04 Å². The van der Waals surface area contributed by atoms with Gasteiger partial charge in [-0.05, 0) is 62.1 Å². The molecule has 2 aromatic rings. The number of nitrogens with one attached hydrogen (secondary N) is 1. The van der Waals surface area contributed by atoms with Crippen molar-refractivity contribution in [1.29, 1.82) is 0 Å². The zero-order chi connectivity index (χ0) is 14.7. The van der Waals surface area contributed by atoms with Crippen LogP contribution in [0.25, 0.3) is 11.3 Å². The van der Waals surface area contributed by atoms with E-state index < -0.39 is 0 Å². The first-order chi connectivity index (χ1) is 10.2. The van der Waals surface area contributed by atoms with Gasteiger partial charge < -0.3 is 14.8 Å². The van der Waals surface area contributed by atoms with E-state index in [4.69, 9.17) is 16.0 Å². The Hall–Kier alpha value is -1.29. The highest BCUT2D eigenvalue weighted by Gasteiger charge is 2.19. The summed E-state index contributed by atoms with van der Waals surface area (Å²) < 4.78 is 5.87. The molecule has 1 fully saturated rings. The standard InChI is InChI=1S/C17H20ClNO2/c18-13-3-1-12(2-4-13)17-10-9-16(21-17)11-19-14-5-7-15(20)8-6-14/h1-4,9-10,14-15,19-20H,5-8,11H2. The number of furan rings is 1. The van der Waals surface area contributed by atoms with Gasteiger partial charge in [-0.2, -0.15) is 0 Å². The molecule has 21 heavy (non-hydrogen) atoms. The molecule has 0 amide bonds. The SMILES string of the molecule is OC1CCC(NCc2ccc(-c3ccc(Cl)cc3)o2)CC1. The average molecular weight is 306 g/mol. The zero-order valence-corrected chi connectivity index (χ0v) is 12.6. The first-order valence-electron chi connectivity index (χ1n) is 7.47. The van der Waals surface area contributed by atoms with Crippen LogP contribution in [-0.2, 0) is 6.54 Å². The molecule has 0 saturated heterocycles. The van der Waals surface area contributed by atoms with E-state index in [0.717, 1.165) is 54.3 Å². The summed E-state index contributed by atoms with van der Waals surface area (Å²) in [6, 6.07) is 12.1. The van der Waals surface area contributed by atoms with Gasteiger partial charge in [0, 0.05) is 16.6 Å². The summed E-state index contributed by atoms with van der Waals surface area (Å²) in [7, 11) is 0. The molecule has 0 radical (unpaired) electrons. The van der Waals surface area contributed by atoms with Crippen molar-refractivity contribution < 1.29 is 9.52 Å². The number of rotatable bonds is 4. The molecule has 4 heteroatoms. The zero-order valence-electron chi connectivity index (χ0n) is 11.9. The van der Waals surface area contributed by atoms with E-state index in [2.05, 4.69) is 5.32 Å². The van der Waals surface area contributed by atoms with Gasteiger partial charge in [0.1, 0.15) is 11.5 Å². The average Bonchev–Trinajstić information content (AvgIpc) is 2.96. The van der Waals surface area contributed by atoms with Gasteiger partial charge in [-0.3, -0.25) is 0 Å². The van der Waals surface area contributed by atoms with Crippen LogP contribution in [0.5, 0.6) is 0 Å². The molecular formula is C17H20ClNO2. The summed E-state index contributed by atoms with van der Waals surface area (Å²) in [6.07, 6.45) is 3.75. The molecule has 0 spiro atoms. The van der Waals surface area contributed by atoms with Gasteiger partial charge >= 0.3 is 0 Å². The van der Waals surface area contributed by atoms with Crippen molar-refractivity contribution in [3.63, 3.8) is 0 Å². The Morgan fingerprint density at radius 2 is 1.76 bits per heavy atom. The molecule has 0 bridgehead atoms. The van der Waals surface area contributed by atoms with E-state index in [9.17, 15) is 5.11 Å². The molecule has 1 heterocycles. The topological polar surface area (TPSA) is 45.4 Å². The summed E-state index contributed by atoms with van der Waals surface area (Å²) in [5.74, 6) is 1.80. The lowest BCUT2D eigenvalue weighted by Gasteiger charge is -2.25. The number of halogens is 1. The minimum Gasteiger partial charge on any atom is -0.460 e. The number of aliphatic hydroxyl groups is 1. The predicted octanol–water partition coefficient (Wildman–Crippen LogP) is 3.99. The highest BCUT2D eigenvalue weighted by molar-refractivity contribution is 6.30. The molecule has 3 nitrogen and oxygen atoms in total. The second kappa shape index (κ2) is 6.65. The second-order valence-electron chi connectivity index (χ2n) is 5.66. The second-order valence-corrected chi connectivity index (χ2v) is 6.10. The van der Waals surface area contributed by atoms with Gasteiger partial charge in [0.15, 0.2) is 0 Å². The molecule has 2 N–H and O–H groups in total. The third kappa shape index (κ3) is 3.88. The van der Waals surface area contributed by atoms with E-state index >= 15 is 0 Å². The fourth-order valence-corrected chi connectivity index (χ4v) is 2.89. The Morgan fingerprint density at radius 3 is 2.48 bits per heavy atom. The van der Waals surface area contributed by atoms with Gasteiger partial charge in [0.05, 0.1) is 12.6 Å². The van der Waals surface area contributed by atoms with Crippen LogP contribution in [0.2, 0.25) is 5.02 Å². The van der Waals surface area contributed by atoms with Crippen LogP contribution in [-0.4, -0.2) is 17.3 Å². The first-order valence-corrected chi connectivity index (χ1v) is 7.84. The molecule has 3 rings (SSSR count). The van der Waals surface area contributed by atoms with Crippen molar-refractivity contribution in [2.24, 2.45) is 0 Å². The lowest BCUT2D eigenvalue weighted by atomic mass is 9.93. The van der Waals surface area contributed by atoms with Crippen molar-refractivity contribution in [3.8, 4) is 11.3 Å². The maximum absolute atomic E-state index is 9.51. The summed E-state index contributed by atoms with van der Waals surface area (Å²) >= 11 is 5.89. The van der Waals surface area contributed by atoms with Crippen LogP contribution in [0.3, 0.4) is 0 Å². The minimum atomic E-state index is -0.108. The number of benzene rings is 1. The Morgan fingerprint density at radius 1 is 1.05 bits per heavy atom. The molecule has 1 aliphatic rings. The van der Waals surface area contributed by atoms with Crippen LogP contribution < -0.4 is 5.32 Å². The number of hydrogen-bond acceptors (Lipinski definition) is 3. The van der Waals surface area contributed by atoms with Crippen molar-refractivity contribution in [2.45, 2.75) is 44.4 Å². The van der Waals surface area contributed by atoms with Crippen LogP contribution in [0.15, 0.2) is 40.8 Å². The summed E-state index contributed by atoms with van der Waals surface area (Å²) in [6.45, 7) is 0.731. The van der Waals surface area contributed by atoms with Gasteiger partial charge in [-0.25, -0.2) is 0 Å². The Balaban J connectivity index is 1.56. The minimum absolute atomic E-state index is 0.108. The Bertz CT molecular complexity index is 571. The first kappa shape index (κ1) is 14.6. The maximum Gasteiger partial charge on any atom is 0.134 e. The van der Waals surface area contributed by atoms with Crippen LogP contribution in [0.1, 0.15) is 31.4 Å². The monoisotopic (exact) mass is 305 g/mol. The van der Waals surface area contributed by atoms with E-state index in [1.54, 1.807) is 0 Å². The molecule has 1 saturated carbocycles. The normalized spacial score (nSPS) is 22.4. The third-order valence-electron chi connectivity index (χ3n) is 4.05. The highest BCUT2D eigenvalue weighted by atomic mass is 35.5. The predicted molar refractivity (Wildman–Crippen MR) is 84.3 cm³/mol. The molecule has 1 aromatic heterocycles.